The second-order valence-corrected chi connectivity index (χ2v) is 4.40. The van der Waals surface area contributed by atoms with Gasteiger partial charge in [0, 0.05) is 11.6 Å². The minimum atomic E-state index is -0.263. The van der Waals surface area contributed by atoms with Gasteiger partial charge in [-0.25, -0.2) is 9.97 Å². The molecule has 6 heteroatoms. The molecule has 3 N–H and O–H groups in total. The summed E-state index contributed by atoms with van der Waals surface area (Å²) in [5.41, 5.74) is 6.76. The molecule has 0 atom stereocenters. The van der Waals surface area contributed by atoms with Gasteiger partial charge in [0.15, 0.2) is 0 Å². The highest BCUT2D eigenvalue weighted by Gasteiger charge is 2.06. The van der Waals surface area contributed by atoms with Crippen molar-refractivity contribution in [3.05, 3.63) is 52.9 Å². The van der Waals surface area contributed by atoms with E-state index in [-0.39, 0.29) is 17.4 Å². The summed E-state index contributed by atoms with van der Waals surface area (Å²) < 4.78 is 0. The number of nitrogens with two attached hydrogens (primary N) is 1. The molecule has 0 fully saturated rings. The fourth-order valence-corrected chi connectivity index (χ4v) is 1.64. The van der Waals surface area contributed by atoms with Gasteiger partial charge < -0.3 is 11.1 Å². The van der Waals surface area contributed by atoms with Crippen LogP contribution >= 0.6 is 11.6 Å². The van der Waals surface area contributed by atoms with Crippen LogP contribution < -0.4 is 11.1 Å². The Morgan fingerprint density at radius 3 is 2.58 bits per heavy atom. The van der Waals surface area contributed by atoms with E-state index in [4.69, 9.17) is 17.3 Å². The van der Waals surface area contributed by atoms with Crippen LogP contribution in [0.25, 0.3) is 0 Å². The third-order valence-electron chi connectivity index (χ3n) is 2.52. The smallest absolute Gasteiger partial charge is 0.271 e. The maximum atomic E-state index is 11.7. The van der Waals surface area contributed by atoms with Crippen LogP contribution in [0.4, 0.5) is 5.82 Å². The molecule has 19 heavy (non-hydrogen) atoms. The first-order chi connectivity index (χ1) is 9.15. The number of carbonyl (C=O) groups excluding carboxylic acids is 1. The Bertz CT molecular complexity index is 554. The van der Waals surface area contributed by atoms with Crippen LogP contribution in [0.2, 0.25) is 5.02 Å². The molecule has 0 saturated carbocycles. The molecule has 1 amide bonds. The van der Waals surface area contributed by atoms with Crippen molar-refractivity contribution in [1.29, 1.82) is 0 Å². The minimum absolute atomic E-state index is 0.255. The standard InChI is InChI=1S/C13H13ClN4O/c14-10-3-1-9(2-4-10)5-6-16-13(19)11-7-18-12(15)8-17-11/h1-4,7-8H,5-6H2,(H2,15,18)(H,16,19). The molecule has 0 radical (unpaired) electrons. The average molecular weight is 277 g/mol. The first-order valence-electron chi connectivity index (χ1n) is 5.75. The fourth-order valence-electron chi connectivity index (χ4n) is 1.52. The largest absolute Gasteiger partial charge is 0.382 e. The Hall–Kier alpha value is -2.14. The van der Waals surface area contributed by atoms with E-state index in [0.29, 0.717) is 11.6 Å². The van der Waals surface area contributed by atoms with E-state index in [1.54, 1.807) is 0 Å². The Morgan fingerprint density at radius 2 is 1.95 bits per heavy atom. The zero-order valence-electron chi connectivity index (χ0n) is 10.1. The third-order valence-corrected chi connectivity index (χ3v) is 2.77. The lowest BCUT2D eigenvalue weighted by Crippen LogP contribution is -2.26. The summed E-state index contributed by atoms with van der Waals surface area (Å²) in [6, 6.07) is 7.50. The molecule has 0 spiro atoms. The Morgan fingerprint density at radius 1 is 1.21 bits per heavy atom. The molecule has 0 aliphatic rings. The van der Waals surface area contributed by atoms with Gasteiger partial charge in [-0.1, -0.05) is 23.7 Å². The number of hydrogen-bond donors (Lipinski definition) is 2. The van der Waals surface area contributed by atoms with E-state index in [1.165, 1.54) is 12.4 Å². The number of nitrogen functional groups attached to an aromatic ring is 1. The van der Waals surface area contributed by atoms with E-state index in [0.717, 1.165) is 12.0 Å². The van der Waals surface area contributed by atoms with Crippen molar-refractivity contribution in [3.63, 3.8) is 0 Å². The summed E-state index contributed by atoms with van der Waals surface area (Å²) in [5, 5.41) is 3.47. The summed E-state index contributed by atoms with van der Waals surface area (Å²) in [5.74, 6) is 0.0270. The van der Waals surface area contributed by atoms with Crippen LogP contribution in [0.3, 0.4) is 0 Å². The molecule has 0 saturated heterocycles. The number of benzene rings is 1. The van der Waals surface area contributed by atoms with Crippen molar-refractivity contribution in [2.75, 3.05) is 12.3 Å². The number of nitrogens with zero attached hydrogens (tertiary/aromatic N) is 2. The van der Waals surface area contributed by atoms with Crippen LogP contribution in [-0.4, -0.2) is 22.4 Å². The van der Waals surface area contributed by atoms with Gasteiger partial charge in [0.1, 0.15) is 11.5 Å². The monoisotopic (exact) mass is 276 g/mol. The lowest BCUT2D eigenvalue weighted by molar-refractivity contribution is 0.0949. The Balaban J connectivity index is 1.84. The highest BCUT2D eigenvalue weighted by Crippen LogP contribution is 2.09. The van der Waals surface area contributed by atoms with Crippen molar-refractivity contribution < 1.29 is 4.79 Å². The van der Waals surface area contributed by atoms with Crippen LogP contribution in [0.1, 0.15) is 16.1 Å². The number of amides is 1. The first kappa shape index (κ1) is 13.3. The molecule has 1 aromatic carbocycles. The molecule has 5 nitrogen and oxygen atoms in total. The number of rotatable bonds is 4. The van der Waals surface area contributed by atoms with E-state index < -0.39 is 0 Å². The van der Waals surface area contributed by atoms with Gasteiger partial charge in [0.25, 0.3) is 5.91 Å². The molecule has 98 valence electrons. The van der Waals surface area contributed by atoms with Crippen molar-refractivity contribution >= 4 is 23.3 Å². The van der Waals surface area contributed by atoms with Crippen molar-refractivity contribution in [2.45, 2.75) is 6.42 Å². The number of carbonyl (C=O) groups is 1. The number of halogens is 1. The van der Waals surface area contributed by atoms with Crippen LogP contribution in [0.5, 0.6) is 0 Å². The van der Waals surface area contributed by atoms with Crippen molar-refractivity contribution in [2.24, 2.45) is 0 Å². The molecular weight excluding hydrogens is 264 g/mol. The second-order valence-electron chi connectivity index (χ2n) is 3.96. The molecule has 0 aliphatic heterocycles. The van der Waals surface area contributed by atoms with Crippen LogP contribution in [0, 0.1) is 0 Å². The maximum absolute atomic E-state index is 11.7. The second kappa shape index (κ2) is 6.15. The summed E-state index contributed by atoms with van der Waals surface area (Å²) in [6.07, 6.45) is 3.44. The van der Waals surface area contributed by atoms with Crippen LogP contribution in [0.15, 0.2) is 36.7 Å². The number of hydrogen-bond acceptors (Lipinski definition) is 4. The Kier molecular flexibility index (Phi) is 4.30. The summed E-state index contributed by atoms with van der Waals surface area (Å²) in [6.45, 7) is 0.520. The van der Waals surface area contributed by atoms with E-state index in [2.05, 4.69) is 15.3 Å². The molecule has 0 unspecified atom stereocenters. The summed E-state index contributed by atoms with van der Waals surface area (Å²) in [7, 11) is 0. The predicted octanol–water partition coefficient (Wildman–Crippen LogP) is 1.68. The Labute approximate surface area is 115 Å². The van der Waals surface area contributed by atoms with E-state index >= 15 is 0 Å². The first-order valence-corrected chi connectivity index (χ1v) is 6.13. The minimum Gasteiger partial charge on any atom is -0.382 e. The lowest BCUT2D eigenvalue weighted by atomic mass is 10.1. The topological polar surface area (TPSA) is 80.9 Å². The van der Waals surface area contributed by atoms with E-state index in [9.17, 15) is 4.79 Å². The quantitative estimate of drug-likeness (QED) is 0.890. The average Bonchev–Trinajstić information content (AvgIpc) is 2.41. The number of nitrogens with one attached hydrogen (secondary N) is 1. The lowest BCUT2D eigenvalue weighted by Gasteiger charge is -2.05. The van der Waals surface area contributed by atoms with Gasteiger partial charge in [-0.2, -0.15) is 0 Å². The fraction of sp³-hybridized carbons (Fsp3) is 0.154. The molecule has 2 rings (SSSR count). The zero-order valence-corrected chi connectivity index (χ0v) is 10.9. The summed E-state index contributed by atoms with van der Waals surface area (Å²) in [4.78, 5) is 19.4. The number of anilines is 1. The van der Waals surface area contributed by atoms with Gasteiger partial charge in [0.2, 0.25) is 0 Å². The zero-order chi connectivity index (χ0) is 13.7. The normalized spacial score (nSPS) is 10.2. The molecule has 0 bridgehead atoms. The predicted molar refractivity (Wildman–Crippen MR) is 73.9 cm³/mol. The molecule has 2 aromatic rings. The third kappa shape index (κ3) is 3.93. The van der Waals surface area contributed by atoms with Gasteiger partial charge in [0.05, 0.1) is 12.4 Å². The van der Waals surface area contributed by atoms with Gasteiger partial charge in [-0.15, -0.1) is 0 Å². The molecule has 0 aliphatic carbocycles. The molecular formula is C13H13ClN4O. The summed E-state index contributed by atoms with van der Waals surface area (Å²) >= 11 is 5.79. The maximum Gasteiger partial charge on any atom is 0.271 e. The molecule has 1 heterocycles. The van der Waals surface area contributed by atoms with Gasteiger partial charge in [-0.3, -0.25) is 4.79 Å². The van der Waals surface area contributed by atoms with Gasteiger partial charge >= 0.3 is 0 Å². The SMILES string of the molecule is Nc1cnc(C(=O)NCCc2ccc(Cl)cc2)cn1. The van der Waals surface area contributed by atoms with E-state index in [1.807, 2.05) is 24.3 Å². The van der Waals surface area contributed by atoms with Gasteiger partial charge in [-0.05, 0) is 24.1 Å². The highest BCUT2D eigenvalue weighted by molar-refractivity contribution is 6.30. The van der Waals surface area contributed by atoms with Crippen molar-refractivity contribution in [1.82, 2.24) is 15.3 Å². The highest BCUT2D eigenvalue weighted by atomic mass is 35.5. The van der Waals surface area contributed by atoms with Crippen molar-refractivity contribution in [3.8, 4) is 0 Å². The molecule has 1 aromatic heterocycles. The van der Waals surface area contributed by atoms with Crippen LogP contribution in [-0.2, 0) is 6.42 Å². The number of aromatic nitrogens is 2.